The minimum atomic E-state index is -0.782. The first-order valence-electron chi connectivity index (χ1n) is 18.5. The van der Waals surface area contributed by atoms with Crippen LogP contribution in [0.3, 0.4) is 0 Å². The van der Waals surface area contributed by atoms with E-state index < -0.39 is 12.1 Å². The Bertz CT molecular complexity index is 1160. The fourth-order valence-corrected chi connectivity index (χ4v) is 12.0. The Morgan fingerprint density at radius 2 is 1.67 bits per heavy atom. The first-order chi connectivity index (χ1) is 23.0. The van der Waals surface area contributed by atoms with Crippen molar-refractivity contribution in [3.05, 3.63) is 0 Å². The Labute approximate surface area is 290 Å². The van der Waals surface area contributed by atoms with Gasteiger partial charge in [-0.15, -0.1) is 25.7 Å². The lowest BCUT2D eigenvalue weighted by Crippen LogP contribution is -2.51. The van der Waals surface area contributed by atoms with Crippen molar-refractivity contribution in [3.63, 3.8) is 0 Å². The van der Waals surface area contributed by atoms with Crippen molar-refractivity contribution in [2.24, 2.45) is 51.2 Å². The third-order valence-corrected chi connectivity index (χ3v) is 14.0. The number of morpholine rings is 1. The number of hydrogen-bond donors (Lipinski definition) is 2. The van der Waals surface area contributed by atoms with Gasteiger partial charge in [-0.1, -0.05) is 34.1 Å². The van der Waals surface area contributed by atoms with Gasteiger partial charge >= 0.3 is 5.97 Å². The van der Waals surface area contributed by atoms with Crippen LogP contribution in [0.25, 0.3) is 0 Å². The molecule has 5 saturated carbocycles. The number of carboxylic acids is 1. The number of aliphatic hydroxyl groups is 1. The number of ether oxygens (including phenoxy) is 3. The number of terminal acetylenes is 2. The fraction of sp³-hybridized carbons (Fsp3) is 0.850. The predicted molar refractivity (Wildman–Crippen MR) is 186 cm³/mol. The van der Waals surface area contributed by atoms with Crippen LogP contribution in [-0.2, 0) is 23.8 Å². The van der Waals surface area contributed by atoms with E-state index in [0.717, 1.165) is 25.9 Å². The van der Waals surface area contributed by atoms with E-state index in [1.54, 1.807) is 0 Å². The van der Waals surface area contributed by atoms with Gasteiger partial charge in [-0.3, -0.25) is 4.79 Å². The van der Waals surface area contributed by atoms with Crippen molar-refractivity contribution in [2.45, 2.75) is 130 Å². The van der Waals surface area contributed by atoms with Crippen LogP contribution in [0.5, 0.6) is 0 Å². The van der Waals surface area contributed by atoms with E-state index in [0.29, 0.717) is 73.6 Å². The van der Waals surface area contributed by atoms with Gasteiger partial charge in [-0.25, -0.2) is 4.79 Å². The molecule has 2 saturated heterocycles. The molecule has 2 N–H and O–H groups in total. The molecule has 48 heavy (non-hydrogen) atoms. The smallest absolute Gasteiger partial charge is 0.332 e. The van der Waals surface area contributed by atoms with E-state index in [1.165, 1.54) is 57.8 Å². The Morgan fingerprint density at radius 1 is 0.979 bits per heavy atom. The first-order valence-corrected chi connectivity index (χ1v) is 18.5. The number of amides is 1. The second-order valence-corrected chi connectivity index (χ2v) is 16.6. The molecule has 0 bridgehead atoms. The highest BCUT2D eigenvalue weighted by Gasteiger charge is 2.79. The minimum Gasteiger partial charge on any atom is -0.479 e. The fourth-order valence-electron chi connectivity index (χ4n) is 12.0. The maximum Gasteiger partial charge on any atom is 0.332 e. The molecule has 0 aromatic carbocycles. The third kappa shape index (κ3) is 6.81. The zero-order valence-electron chi connectivity index (χ0n) is 30.3. The van der Waals surface area contributed by atoms with Gasteiger partial charge in [0.15, 0.2) is 12.4 Å². The molecular formula is C40H63NO7. The average molecular weight is 670 g/mol. The van der Waals surface area contributed by atoms with Crippen LogP contribution in [0.15, 0.2) is 0 Å². The Kier molecular flexibility index (Phi) is 12.4. The quantitative estimate of drug-likeness (QED) is 0.274. The molecule has 2 heterocycles. The van der Waals surface area contributed by atoms with Crippen molar-refractivity contribution < 1.29 is 34.0 Å². The van der Waals surface area contributed by atoms with Gasteiger partial charge in [0.1, 0.15) is 0 Å². The molecule has 0 aromatic rings. The molecule has 7 fully saturated rings. The zero-order chi connectivity index (χ0) is 35.5. The summed E-state index contributed by atoms with van der Waals surface area (Å²) in [6, 6.07) is 0. The Hall–Kier alpha value is -2.10. The maximum absolute atomic E-state index is 12.7. The number of carboxylic acid groups (broad SMARTS) is 1. The summed E-state index contributed by atoms with van der Waals surface area (Å²) in [6.45, 7) is 12.2. The van der Waals surface area contributed by atoms with Crippen LogP contribution in [0.4, 0.5) is 0 Å². The molecule has 7 unspecified atom stereocenters. The zero-order valence-corrected chi connectivity index (χ0v) is 30.3. The molecule has 8 nitrogen and oxygen atoms in total. The third-order valence-electron chi connectivity index (χ3n) is 14.0. The summed E-state index contributed by atoms with van der Waals surface area (Å²) in [4.78, 5) is 26.5. The molecule has 2 aliphatic heterocycles. The predicted octanol–water partition coefficient (Wildman–Crippen LogP) is 6.39. The summed E-state index contributed by atoms with van der Waals surface area (Å²) in [5.74, 6) is 2.63. The first kappa shape index (κ1) is 38.7. The number of hydrogen-bond acceptors (Lipinski definition) is 6. The van der Waals surface area contributed by atoms with Crippen LogP contribution in [0, 0.1) is 76.9 Å². The van der Waals surface area contributed by atoms with Crippen molar-refractivity contribution in [1.82, 2.24) is 4.90 Å². The Morgan fingerprint density at radius 3 is 2.31 bits per heavy atom. The van der Waals surface area contributed by atoms with Crippen LogP contribution in [0.1, 0.15) is 111 Å². The van der Waals surface area contributed by atoms with Crippen LogP contribution in [0.2, 0.25) is 0 Å². The van der Waals surface area contributed by atoms with Gasteiger partial charge in [0, 0.05) is 20.1 Å². The molecule has 1 amide bonds. The summed E-state index contributed by atoms with van der Waals surface area (Å²) < 4.78 is 18.8. The summed E-state index contributed by atoms with van der Waals surface area (Å²) >= 11 is 0. The second kappa shape index (κ2) is 15.4. The van der Waals surface area contributed by atoms with Gasteiger partial charge in [0.2, 0.25) is 5.91 Å². The minimum absolute atomic E-state index is 0.0372. The number of aliphatic carboxylic acids is 1. The van der Waals surface area contributed by atoms with Crippen molar-refractivity contribution >= 4 is 11.9 Å². The normalized spacial score (nSPS) is 40.7. The summed E-state index contributed by atoms with van der Waals surface area (Å²) in [7, 11) is 1.00. The van der Waals surface area contributed by atoms with Crippen molar-refractivity contribution in [2.75, 3.05) is 33.4 Å². The lowest BCUT2D eigenvalue weighted by atomic mass is 9.48. The highest BCUT2D eigenvalue weighted by Crippen LogP contribution is 2.85. The van der Waals surface area contributed by atoms with Gasteiger partial charge in [0.25, 0.3) is 0 Å². The van der Waals surface area contributed by atoms with Gasteiger partial charge in [-0.05, 0) is 122 Å². The molecule has 0 radical (unpaired) electrons. The van der Waals surface area contributed by atoms with Gasteiger partial charge < -0.3 is 29.3 Å². The summed E-state index contributed by atoms with van der Waals surface area (Å²) in [6.07, 6.45) is 30.0. The van der Waals surface area contributed by atoms with E-state index in [4.69, 9.17) is 19.3 Å². The highest BCUT2D eigenvalue weighted by molar-refractivity contribution is 5.76. The lowest BCUT2D eigenvalue weighted by molar-refractivity contribution is -0.202. The number of fused-ring (bicyclic) bond motifs is 4. The number of carbonyl (C=O) groups excluding carboxylic acids is 1. The van der Waals surface area contributed by atoms with Crippen molar-refractivity contribution in [1.29, 1.82) is 0 Å². The number of carbonyl (C=O) groups is 2. The molecule has 5 aliphatic carbocycles. The van der Waals surface area contributed by atoms with Crippen LogP contribution < -0.4 is 0 Å². The van der Waals surface area contributed by atoms with Crippen LogP contribution in [-0.4, -0.2) is 78.9 Å². The number of nitrogens with zero attached hydrogens (tertiary/aromatic N) is 1. The molecule has 8 heteroatoms. The monoisotopic (exact) mass is 669 g/mol. The van der Waals surface area contributed by atoms with E-state index in [-0.39, 0.29) is 29.1 Å². The average Bonchev–Trinajstić information content (AvgIpc) is 4.02. The Balaban J connectivity index is 0.000000823. The van der Waals surface area contributed by atoms with Gasteiger partial charge in [0.05, 0.1) is 25.9 Å². The number of aliphatic hydroxyl groups excluding tert-OH is 1. The highest BCUT2D eigenvalue weighted by atomic mass is 16.7. The molecule has 7 rings (SSSR count). The van der Waals surface area contributed by atoms with E-state index in [2.05, 4.69) is 53.4 Å². The SMILES string of the molecule is C#C.C#C.CCC[C@]12C[C@]13CC[C@]1(C)C4CCC(C(=O)O)OC4CC1C3CCC2C(C)(C)COC1CN(C(=O)CC2CC2)CCO1.CO. The van der Waals surface area contributed by atoms with E-state index >= 15 is 0 Å². The molecule has 7 aliphatic rings. The van der Waals surface area contributed by atoms with Gasteiger partial charge in [-0.2, -0.15) is 0 Å². The van der Waals surface area contributed by atoms with E-state index in [9.17, 15) is 14.7 Å². The number of rotatable bonds is 9. The van der Waals surface area contributed by atoms with Crippen molar-refractivity contribution in [3.8, 4) is 25.7 Å². The largest absolute Gasteiger partial charge is 0.479 e. The molecule has 0 aromatic heterocycles. The topological polar surface area (TPSA) is 106 Å². The lowest BCUT2D eigenvalue weighted by Gasteiger charge is -2.57. The summed E-state index contributed by atoms with van der Waals surface area (Å²) in [5, 5.41) is 16.7. The van der Waals surface area contributed by atoms with Crippen LogP contribution >= 0.6 is 0 Å². The molecule has 1 spiro atoms. The summed E-state index contributed by atoms with van der Waals surface area (Å²) in [5.41, 5.74) is 1.14. The standard InChI is InChI=1S/C35H55NO6.2C2H2.CH4O/c1-5-12-35-20-34(35)14-13-33(4)24-8-10-26(31(38)39)42-27(24)18-25(33)23(34)9-11-28(35)32(2,3)21-41-30-19-36(15-16-40-30)29(37)17-22-6-7-22;3*1-2/h22-28,30H,5-21H2,1-4H3,(H,38,39);2*1-2H;2H,1H3/t23?,24?,25?,26?,27?,28?,30?,33-,34+,35-;;;/m1.../s1. The van der Waals surface area contributed by atoms with E-state index in [1.807, 2.05) is 4.90 Å². The second-order valence-electron chi connectivity index (χ2n) is 16.6. The molecule has 10 atom stereocenters. The maximum atomic E-state index is 12.7. The molecule has 270 valence electrons. The molecular weight excluding hydrogens is 606 g/mol.